The van der Waals surface area contributed by atoms with E-state index in [1.807, 2.05) is 25.3 Å². The smallest absolute Gasteiger partial charge is 0.243 e. The fourth-order valence-corrected chi connectivity index (χ4v) is 6.06. The van der Waals surface area contributed by atoms with Crippen LogP contribution in [0.25, 0.3) is 0 Å². The van der Waals surface area contributed by atoms with Crippen LogP contribution in [0.2, 0.25) is 0 Å². The summed E-state index contributed by atoms with van der Waals surface area (Å²) in [6, 6.07) is 9.15. The van der Waals surface area contributed by atoms with E-state index in [2.05, 4.69) is 17.9 Å². The van der Waals surface area contributed by atoms with Crippen molar-refractivity contribution in [3.05, 3.63) is 53.2 Å². The molecule has 2 saturated heterocycles. The summed E-state index contributed by atoms with van der Waals surface area (Å²) in [5, 5.41) is 0. The van der Waals surface area contributed by atoms with Gasteiger partial charge < -0.3 is 4.90 Å². The van der Waals surface area contributed by atoms with Crippen LogP contribution in [-0.4, -0.2) is 37.3 Å². The molecule has 2 aromatic rings. The first kappa shape index (κ1) is 19.4. The van der Waals surface area contributed by atoms with Crippen LogP contribution in [0.1, 0.15) is 54.8 Å². The van der Waals surface area contributed by atoms with Crippen molar-refractivity contribution in [1.29, 1.82) is 0 Å². The average molecular weight is 400 g/mol. The van der Waals surface area contributed by atoms with E-state index in [4.69, 9.17) is 4.98 Å². The zero-order valence-corrected chi connectivity index (χ0v) is 17.6. The van der Waals surface area contributed by atoms with Gasteiger partial charge in [-0.05, 0) is 75.3 Å². The van der Waals surface area contributed by atoms with Gasteiger partial charge in [0.05, 0.1) is 10.9 Å². The number of nitrogens with zero attached hydrogens (tertiary/aromatic N) is 3. The van der Waals surface area contributed by atoms with Crippen LogP contribution < -0.4 is 4.90 Å². The predicted molar refractivity (Wildman–Crippen MR) is 112 cm³/mol. The van der Waals surface area contributed by atoms with Crippen molar-refractivity contribution in [1.82, 2.24) is 9.29 Å². The molecule has 28 heavy (non-hydrogen) atoms. The van der Waals surface area contributed by atoms with Gasteiger partial charge in [-0.15, -0.1) is 0 Å². The maximum absolute atomic E-state index is 13.3. The molecule has 0 N–H and O–H groups in total. The Kier molecular flexibility index (Phi) is 5.43. The van der Waals surface area contributed by atoms with Crippen LogP contribution in [0.4, 0.5) is 5.82 Å². The molecule has 5 nitrogen and oxygen atoms in total. The van der Waals surface area contributed by atoms with E-state index < -0.39 is 10.0 Å². The second-order valence-corrected chi connectivity index (χ2v) is 9.92. The van der Waals surface area contributed by atoms with Gasteiger partial charge in [-0.1, -0.05) is 17.7 Å². The Balaban J connectivity index is 1.62. The number of sulfonamides is 1. The van der Waals surface area contributed by atoms with Gasteiger partial charge in [0, 0.05) is 25.8 Å². The lowest BCUT2D eigenvalue weighted by Gasteiger charge is -2.29. The van der Waals surface area contributed by atoms with Crippen LogP contribution in [0.5, 0.6) is 0 Å². The van der Waals surface area contributed by atoms with Gasteiger partial charge in [-0.2, -0.15) is 4.31 Å². The normalized spacial score (nSPS) is 21.2. The van der Waals surface area contributed by atoms with E-state index in [1.165, 1.54) is 19.3 Å². The molecule has 1 aromatic heterocycles. The van der Waals surface area contributed by atoms with E-state index in [-0.39, 0.29) is 6.04 Å². The van der Waals surface area contributed by atoms with Crippen molar-refractivity contribution in [2.24, 2.45) is 0 Å². The highest BCUT2D eigenvalue weighted by molar-refractivity contribution is 7.89. The molecule has 1 aromatic carbocycles. The highest BCUT2D eigenvalue weighted by atomic mass is 32.2. The summed E-state index contributed by atoms with van der Waals surface area (Å²) in [5.74, 6) is 1.02. The Bertz CT molecular complexity index is 935. The molecule has 0 bridgehead atoms. The van der Waals surface area contributed by atoms with Gasteiger partial charge >= 0.3 is 0 Å². The third kappa shape index (κ3) is 3.67. The Morgan fingerprint density at radius 2 is 1.68 bits per heavy atom. The second-order valence-electron chi connectivity index (χ2n) is 8.03. The molecule has 0 saturated carbocycles. The largest absolute Gasteiger partial charge is 0.357 e. The summed E-state index contributed by atoms with van der Waals surface area (Å²) < 4.78 is 28.2. The lowest BCUT2D eigenvalue weighted by Crippen LogP contribution is -2.32. The zero-order valence-electron chi connectivity index (χ0n) is 16.8. The number of anilines is 1. The molecular weight excluding hydrogens is 370 g/mol. The predicted octanol–water partition coefficient (Wildman–Crippen LogP) is 4.21. The molecule has 0 spiro atoms. The second kappa shape index (κ2) is 7.84. The number of pyridine rings is 1. The first-order valence-corrected chi connectivity index (χ1v) is 11.7. The number of rotatable bonds is 4. The summed E-state index contributed by atoms with van der Waals surface area (Å²) >= 11 is 0. The number of hydrogen-bond donors (Lipinski definition) is 0. The summed E-state index contributed by atoms with van der Waals surface area (Å²) in [6.45, 7) is 6.73. The van der Waals surface area contributed by atoms with E-state index in [0.29, 0.717) is 11.4 Å². The van der Waals surface area contributed by atoms with Crippen LogP contribution in [-0.2, 0) is 10.0 Å². The Morgan fingerprint density at radius 3 is 2.36 bits per heavy atom. The van der Waals surface area contributed by atoms with Crippen molar-refractivity contribution in [2.45, 2.75) is 56.9 Å². The molecule has 1 atom stereocenters. The first-order valence-electron chi connectivity index (χ1n) is 10.3. The fraction of sp³-hybridized carbons (Fsp3) is 0.500. The minimum absolute atomic E-state index is 0.130. The minimum atomic E-state index is -3.50. The molecule has 2 aliphatic heterocycles. The summed E-state index contributed by atoms with van der Waals surface area (Å²) in [4.78, 5) is 7.43. The highest BCUT2D eigenvalue weighted by Crippen LogP contribution is 2.38. The minimum Gasteiger partial charge on any atom is -0.357 e. The molecule has 0 aliphatic carbocycles. The van der Waals surface area contributed by atoms with E-state index in [9.17, 15) is 8.42 Å². The molecule has 150 valence electrons. The molecule has 2 aliphatic rings. The monoisotopic (exact) mass is 399 g/mol. The summed E-state index contributed by atoms with van der Waals surface area (Å²) in [6.07, 6.45) is 7.36. The summed E-state index contributed by atoms with van der Waals surface area (Å²) in [7, 11) is -3.50. The quantitative estimate of drug-likeness (QED) is 0.773. The summed E-state index contributed by atoms with van der Waals surface area (Å²) in [5.41, 5.74) is 3.23. The van der Waals surface area contributed by atoms with Gasteiger partial charge in [-0.25, -0.2) is 13.4 Å². The van der Waals surface area contributed by atoms with E-state index >= 15 is 0 Å². The van der Waals surface area contributed by atoms with Gasteiger partial charge in [0.15, 0.2) is 0 Å². The maximum Gasteiger partial charge on any atom is 0.243 e. The Morgan fingerprint density at radius 1 is 0.964 bits per heavy atom. The molecule has 0 radical (unpaired) electrons. The molecule has 6 heteroatoms. The SMILES string of the molecule is Cc1ccc(S(=O)(=O)N2CCCC2c2cnc(N3CCCCC3)cc2C)cc1. The van der Waals surface area contributed by atoms with Crippen LogP contribution in [0.15, 0.2) is 41.4 Å². The molecule has 2 fully saturated rings. The Hall–Kier alpha value is -1.92. The van der Waals surface area contributed by atoms with E-state index in [1.54, 1.807) is 16.4 Å². The number of benzene rings is 1. The van der Waals surface area contributed by atoms with Gasteiger partial charge in [0.1, 0.15) is 5.82 Å². The standard InChI is InChI=1S/C22H29N3O2S/c1-17-8-10-19(11-9-17)28(26,27)25-14-6-7-21(25)20-16-23-22(15-18(20)2)24-12-4-3-5-13-24/h8-11,15-16,21H,3-7,12-14H2,1-2H3. The van der Waals surface area contributed by atoms with E-state index in [0.717, 1.165) is 48.4 Å². The third-order valence-corrected chi connectivity index (χ3v) is 7.93. The van der Waals surface area contributed by atoms with Gasteiger partial charge in [0.2, 0.25) is 10.0 Å². The fourth-order valence-electron chi connectivity index (χ4n) is 4.38. The van der Waals surface area contributed by atoms with Crippen molar-refractivity contribution in [2.75, 3.05) is 24.5 Å². The van der Waals surface area contributed by atoms with Crippen molar-refractivity contribution in [3.8, 4) is 0 Å². The molecule has 3 heterocycles. The molecule has 0 amide bonds. The van der Waals surface area contributed by atoms with Crippen LogP contribution in [0.3, 0.4) is 0 Å². The average Bonchev–Trinajstić information content (AvgIpc) is 3.19. The lowest BCUT2D eigenvalue weighted by atomic mass is 10.0. The number of aryl methyl sites for hydroxylation is 2. The molecule has 4 rings (SSSR count). The lowest BCUT2D eigenvalue weighted by molar-refractivity contribution is 0.395. The van der Waals surface area contributed by atoms with Crippen LogP contribution >= 0.6 is 0 Å². The number of hydrogen-bond acceptors (Lipinski definition) is 4. The topological polar surface area (TPSA) is 53.5 Å². The highest BCUT2D eigenvalue weighted by Gasteiger charge is 2.37. The zero-order chi connectivity index (χ0) is 19.7. The van der Waals surface area contributed by atoms with Gasteiger partial charge in [0.25, 0.3) is 0 Å². The number of aromatic nitrogens is 1. The van der Waals surface area contributed by atoms with Crippen LogP contribution in [0, 0.1) is 13.8 Å². The van der Waals surface area contributed by atoms with Crippen molar-refractivity contribution < 1.29 is 8.42 Å². The van der Waals surface area contributed by atoms with Gasteiger partial charge in [-0.3, -0.25) is 0 Å². The third-order valence-electron chi connectivity index (χ3n) is 6.01. The first-order chi connectivity index (χ1) is 13.5. The van der Waals surface area contributed by atoms with Crippen molar-refractivity contribution in [3.63, 3.8) is 0 Å². The molecule has 1 unspecified atom stereocenters. The van der Waals surface area contributed by atoms with Crippen molar-refractivity contribution >= 4 is 15.8 Å². The molecular formula is C22H29N3O2S. The number of piperidine rings is 1. The maximum atomic E-state index is 13.3. The Labute approximate surface area is 168 Å².